The van der Waals surface area contributed by atoms with E-state index in [1.165, 1.54) is 4.31 Å². The Morgan fingerprint density at radius 1 is 0.931 bits per heavy atom. The second-order valence-electron chi connectivity index (χ2n) is 6.38. The van der Waals surface area contributed by atoms with Crippen molar-refractivity contribution in [3.63, 3.8) is 0 Å². The van der Waals surface area contributed by atoms with Crippen LogP contribution < -0.4 is 14.8 Å². The van der Waals surface area contributed by atoms with E-state index in [1.54, 1.807) is 50.6 Å². The van der Waals surface area contributed by atoms with Gasteiger partial charge >= 0.3 is 0 Å². The van der Waals surface area contributed by atoms with Crippen molar-refractivity contribution in [1.29, 1.82) is 0 Å². The predicted molar refractivity (Wildman–Crippen MR) is 112 cm³/mol. The smallest absolute Gasteiger partial charge is 0.243 e. The zero-order valence-electron chi connectivity index (χ0n) is 17.3. The molecule has 29 heavy (non-hydrogen) atoms. The molecule has 1 N–H and O–H groups in total. The number of hydrogen-bond acceptors (Lipinski definition) is 5. The largest absolute Gasteiger partial charge is 0.493 e. The quantitative estimate of drug-likeness (QED) is 0.639. The van der Waals surface area contributed by atoms with Crippen molar-refractivity contribution >= 4 is 15.9 Å². The molecule has 158 valence electrons. The summed E-state index contributed by atoms with van der Waals surface area (Å²) in [7, 11) is -0.373. The Kier molecular flexibility index (Phi) is 8.04. The van der Waals surface area contributed by atoms with Crippen LogP contribution in [-0.4, -0.2) is 45.9 Å². The first kappa shape index (κ1) is 22.7. The predicted octanol–water partition coefficient (Wildman–Crippen LogP) is 2.59. The summed E-state index contributed by atoms with van der Waals surface area (Å²) in [5, 5.41) is 2.85. The highest BCUT2D eigenvalue weighted by Crippen LogP contribution is 2.27. The van der Waals surface area contributed by atoms with Crippen LogP contribution in [0.4, 0.5) is 0 Å². The maximum atomic E-state index is 12.5. The SMILES string of the molecule is CCN(CC)S(=O)(=O)c1ccc(CNC(=O)Cc2ccc(OC)c(OC)c2)cc1. The Morgan fingerprint density at radius 2 is 1.52 bits per heavy atom. The van der Waals surface area contributed by atoms with Gasteiger partial charge in [-0.1, -0.05) is 32.0 Å². The molecule has 0 bridgehead atoms. The first-order valence-corrected chi connectivity index (χ1v) is 10.9. The lowest BCUT2D eigenvalue weighted by molar-refractivity contribution is -0.120. The molecular formula is C21H28N2O5S. The molecule has 2 aromatic carbocycles. The molecule has 0 fully saturated rings. The Hall–Kier alpha value is -2.58. The minimum Gasteiger partial charge on any atom is -0.493 e. The number of methoxy groups -OCH3 is 2. The normalized spacial score (nSPS) is 11.3. The molecule has 0 aliphatic carbocycles. The topological polar surface area (TPSA) is 84.9 Å². The molecule has 0 heterocycles. The third kappa shape index (κ3) is 5.71. The van der Waals surface area contributed by atoms with Crippen molar-refractivity contribution in [3.05, 3.63) is 53.6 Å². The van der Waals surface area contributed by atoms with Crippen LogP contribution in [0, 0.1) is 0 Å². The number of carbonyl (C=O) groups excluding carboxylic acids is 1. The molecule has 0 spiro atoms. The number of hydrogen-bond donors (Lipinski definition) is 1. The molecule has 0 radical (unpaired) electrons. The highest BCUT2D eigenvalue weighted by atomic mass is 32.2. The van der Waals surface area contributed by atoms with Crippen molar-refractivity contribution in [2.45, 2.75) is 31.7 Å². The van der Waals surface area contributed by atoms with E-state index in [-0.39, 0.29) is 17.2 Å². The lowest BCUT2D eigenvalue weighted by Gasteiger charge is -2.18. The fourth-order valence-corrected chi connectivity index (χ4v) is 4.39. The number of nitrogens with zero attached hydrogens (tertiary/aromatic N) is 1. The summed E-state index contributed by atoms with van der Waals surface area (Å²) in [4.78, 5) is 12.5. The zero-order valence-corrected chi connectivity index (χ0v) is 18.1. The summed E-state index contributed by atoms with van der Waals surface area (Å²) >= 11 is 0. The molecule has 1 amide bonds. The van der Waals surface area contributed by atoms with Crippen LogP contribution in [0.25, 0.3) is 0 Å². The molecule has 7 nitrogen and oxygen atoms in total. The van der Waals surface area contributed by atoms with Crippen molar-refractivity contribution in [1.82, 2.24) is 9.62 Å². The number of amides is 1. The molecule has 0 atom stereocenters. The maximum Gasteiger partial charge on any atom is 0.243 e. The Labute approximate surface area is 172 Å². The second kappa shape index (κ2) is 10.3. The lowest BCUT2D eigenvalue weighted by Crippen LogP contribution is -2.30. The molecule has 2 rings (SSSR count). The van der Waals surface area contributed by atoms with E-state index < -0.39 is 10.0 Å². The molecule has 0 aromatic heterocycles. The summed E-state index contributed by atoms with van der Waals surface area (Å²) < 4.78 is 36.9. The molecular weight excluding hydrogens is 392 g/mol. The number of nitrogens with one attached hydrogen (secondary N) is 1. The molecule has 0 aliphatic rings. The van der Waals surface area contributed by atoms with Crippen LogP contribution in [-0.2, 0) is 27.8 Å². The summed E-state index contributed by atoms with van der Waals surface area (Å²) in [6.07, 6.45) is 0.203. The Balaban J connectivity index is 1.97. The molecule has 2 aromatic rings. The Morgan fingerprint density at radius 3 is 2.07 bits per heavy atom. The molecule has 0 aliphatic heterocycles. The van der Waals surface area contributed by atoms with Gasteiger partial charge in [-0.15, -0.1) is 0 Å². The number of ether oxygens (including phenoxy) is 2. The number of benzene rings is 2. The van der Waals surface area contributed by atoms with E-state index in [0.717, 1.165) is 11.1 Å². The van der Waals surface area contributed by atoms with Gasteiger partial charge in [-0.05, 0) is 35.4 Å². The third-order valence-electron chi connectivity index (χ3n) is 4.57. The fraction of sp³-hybridized carbons (Fsp3) is 0.381. The summed E-state index contributed by atoms with van der Waals surface area (Å²) in [5.74, 6) is 1.04. The van der Waals surface area contributed by atoms with Gasteiger partial charge in [0.1, 0.15) is 0 Å². The van der Waals surface area contributed by atoms with E-state index in [2.05, 4.69) is 5.32 Å². The highest BCUT2D eigenvalue weighted by molar-refractivity contribution is 7.89. The van der Waals surface area contributed by atoms with E-state index in [1.807, 2.05) is 19.9 Å². The minimum absolute atomic E-state index is 0.142. The first-order chi connectivity index (χ1) is 13.8. The summed E-state index contributed by atoms with van der Waals surface area (Å²) in [6.45, 7) is 4.78. The van der Waals surface area contributed by atoms with Crippen LogP contribution >= 0.6 is 0 Å². The van der Waals surface area contributed by atoms with Crippen LogP contribution in [0.15, 0.2) is 47.4 Å². The van der Waals surface area contributed by atoms with E-state index in [9.17, 15) is 13.2 Å². The van der Waals surface area contributed by atoms with Gasteiger partial charge in [0.25, 0.3) is 0 Å². The van der Waals surface area contributed by atoms with Crippen LogP contribution in [0.3, 0.4) is 0 Å². The standard InChI is InChI=1S/C21H28N2O5S/c1-5-23(6-2)29(25,26)18-10-7-16(8-11-18)15-22-21(24)14-17-9-12-19(27-3)20(13-17)28-4/h7-13H,5-6,14-15H2,1-4H3,(H,22,24). The van der Waals surface area contributed by atoms with Crippen molar-refractivity contribution in [3.8, 4) is 11.5 Å². The average Bonchev–Trinajstić information content (AvgIpc) is 2.73. The van der Waals surface area contributed by atoms with Gasteiger partial charge in [0, 0.05) is 19.6 Å². The van der Waals surface area contributed by atoms with E-state index >= 15 is 0 Å². The minimum atomic E-state index is -3.48. The summed E-state index contributed by atoms with van der Waals surface area (Å²) in [5.41, 5.74) is 1.63. The van der Waals surface area contributed by atoms with Gasteiger partial charge in [0.15, 0.2) is 11.5 Å². The van der Waals surface area contributed by atoms with Crippen molar-refractivity contribution in [2.24, 2.45) is 0 Å². The average molecular weight is 421 g/mol. The number of carbonyl (C=O) groups is 1. The lowest BCUT2D eigenvalue weighted by atomic mass is 10.1. The van der Waals surface area contributed by atoms with E-state index in [4.69, 9.17) is 9.47 Å². The van der Waals surface area contributed by atoms with Gasteiger partial charge in [0.2, 0.25) is 15.9 Å². The van der Waals surface area contributed by atoms with Gasteiger partial charge < -0.3 is 14.8 Å². The van der Waals surface area contributed by atoms with Gasteiger partial charge in [0.05, 0.1) is 25.5 Å². The van der Waals surface area contributed by atoms with Crippen molar-refractivity contribution in [2.75, 3.05) is 27.3 Å². The number of rotatable bonds is 10. The molecule has 8 heteroatoms. The molecule has 0 saturated heterocycles. The first-order valence-electron chi connectivity index (χ1n) is 9.42. The van der Waals surface area contributed by atoms with Gasteiger partial charge in [-0.3, -0.25) is 4.79 Å². The van der Waals surface area contributed by atoms with Gasteiger partial charge in [-0.2, -0.15) is 4.31 Å². The fourth-order valence-electron chi connectivity index (χ4n) is 2.93. The number of sulfonamides is 1. The molecule has 0 unspecified atom stereocenters. The van der Waals surface area contributed by atoms with Crippen LogP contribution in [0.2, 0.25) is 0 Å². The van der Waals surface area contributed by atoms with Gasteiger partial charge in [-0.25, -0.2) is 8.42 Å². The third-order valence-corrected chi connectivity index (χ3v) is 6.63. The van der Waals surface area contributed by atoms with E-state index in [0.29, 0.717) is 31.1 Å². The van der Waals surface area contributed by atoms with Crippen LogP contribution in [0.1, 0.15) is 25.0 Å². The monoisotopic (exact) mass is 420 g/mol. The summed E-state index contributed by atoms with van der Waals surface area (Å²) in [6, 6.07) is 11.9. The highest BCUT2D eigenvalue weighted by Gasteiger charge is 2.21. The second-order valence-corrected chi connectivity index (χ2v) is 8.31. The van der Waals surface area contributed by atoms with Crippen LogP contribution in [0.5, 0.6) is 11.5 Å². The maximum absolute atomic E-state index is 12.5. The Bertz CT molecular complexity index is 923. The molecule has 0 saturated carbocycles. The van der Waals surface area contributed by atoms with Crippen molar-refractivity contribution < 1.29 is 22.7 Å². The zero-order chi connectivity index (χ0) is 21.4.